The van der Waals surface area contributed by atoms with Crippen molar-refractivity contribution < 1.29 is 68.4 Å². The lowest BCUT2D eigenvalue weighted by molar-refractivity contribution is -0.143. The van der Waals surface area contributed by atoms with E-state index in [-0.39, 0.29) is 44.6 Å². The smallest absolute Gasteiger partial charge is 0.326 e. The molecule has 24 heteroatoms. The van der Waals surface area contributed by atoms with Gasteiger partial charge in [0.2, 0.25) is 47.3 Å². The Balaban J connectivity index is 2.19. The van der Waals surface area contributed by atoms with E-state index in [1.807, 2.05) is 0 Å². The number of carbonyl (C=O) groups excluding carboxylic acids is 8. The molecule has 0 radical (unpaired) electrons. The largest absolute Gasteiger partial charge is 0.481 e. The predicted molar refractivity (Wildman–Crippen MR) is 251 cm³/mol. The Bertz CT molecular complexity index is 2080. The first kappa shape index (κ1) is 59.1. The number of amides is 8. The van der Waals surface area contributed by atoms with Gasteiger partial charge in [-0.25, -0.2) is 4.79 Å². The van der Waals surface area contributed by atoms with E-state index in [2.05, 4.69) is 42.5 Å². The molecule has 0 saturated heterocycles. The summed E-state index contributed by atoms with van der Waals surface area (Å²) in [6.07, 6.45) is -3.76. The summed E-state index contributed by atoms with van der Waals surface area (Å²) >= 11 is 0. The van der Waals surface area contributed by atoms with Crippen molar-refractivity contribution in [2.24, 2.45) is 17.4 Å². The Morgan fingerprint density at radius 3 is 1.51 bits per heavy atom. The Labute approximate surface area is 405 Å². The molecule has 9 atom stereocenters. The molecule has 0 aromatic heterocycles. The molecule has 70 heavy (non-hydrogen) atoms. The van der Waals surface area contributed by atoms with Crippen LogP contribution < -0.4 is 54.0 Å². The summed E-state index contributed by atoms with van der Waals surface area (Å²) in [4.78, 5) is 130. The Kier molecular flexibility index (Phi) is 25.7. The lowest BCUT2D eigenvalue weighted by Crippen LogP contribution is -2.62. The molecule has 0 fully saturated rings. The van der Waals surface area contributed by atoms with Crippen LogP contribution in [0, 0.1) is 5.92 Å². The van der Waals surface area contributed by atoms with Crippen LogP contribution in [-0.4, -0.2) is 154 Å². The van der Waals surface area contributed by atoms with Crippen molar-refractivity contribution >= 4 is 59.2 Å². The monoisotopic (exact) mass is 984 g/mol. The number of aliphatic hydroxyl groups excluding tert-OH is 2. The van der Waals surface area contributed by atoms with Crippen molar-refractivity contribution in [1.82, 2.24) is 42.5 Å². The standard InChI is InChI=1S/C46H68N10O14/c1-25(2)19-34(46(69)70)54-42(65)32(21-29-15-9-6-10-16-29)52-43(66)33(22-37(61)62)53-45(68)39(27(4)58)56-41(64)31(17-11-12-18-47)51-44(67)38(26(3)57)55-36(60)24-49-35(59)23-50-40(63)30(48)20-28-13-7-5-8-14-28/h5-10,13-16,25-27,30-34,38-39,57-58H,11-12,17-24,47-48H2,1-4H3,(H,49,59)(H,50,63)(H,51,67)(H,52,66)(H,53,68)(H,54,65)(H,55,60)(H,56,64)(H,61,62)(H,69,70)/t26-,27-,30+,31+,32+,33+,34+,38+,39+/m1/s1. The third-order valence-electron chi connectivity index (χ3n) is 10.5. The zero-order valence-electron chi connectivity index (χ0n) is 39.6. The van der Waals surface area contributed by atoms with Crippen molar-refractivity contribution in [2.75, 3.05) is 19.6 Å². The van der Waals surface area contributed by atoms with Gasteiger partial charge in [-0.3, -0.25) is 43.2 Å². The maximum atomic E-state index is 13.8. The van der Waals surface area contributed by atoms with Crippen molar-refractivity contribution in [1.29, 1.82) is 0 Å². The molecule has 0 aliphatic heterocycles. The first-order chi connectivity index (χ1) is 33.0. The molecule has 0 saturated carbocycles. The molecule has 0 heterocycles. The van der Waals surface area contributed by atoms with Gasteiger partial charge in [0.1, 0.15) is 36.3 Å². The third-order valence-corrected chi connectivity index (χ3v) is 10.5. The minimum atomic E-state index is -1.91. The summed E-state index contributed by atoms with van der Waals surface area (Å²) < 4.78 is 0. The van der Waals surface area contributed by atoms with E-state index in [0.717, 1.165) is 19.4 Å². The second-order valence-electron chi connectivity index (χ2n) is 17.1. The molecule has 0 bridgehead atoms. The van der Waals surface area contributed by atoms with Gasteiger partial charge in [0.15, 0.2) is 0 Å². The summed E-state index contributed by atoms with van der Waals surface area (Å²) in [5.41, 5.74) is 12.9. The second kappa shape index (κ2) is 30.5. The fourth-order valence-corrected chi connectivity index (χ4v) is 6.75. The molecule has 24 nitrogen and oxygen atoms in total. The number of nitrogens with one attached hydrogen (secondary N) is 8. The van der Waals surface area contributed by atoms with E-state index in [4.69, 9.17) is 11.5 Å². The van der Waals surface area contributed by atoms with Crippen LogP contribution >= 0.6 is 0 Å². The highest BCUT2D eigenvalue weighted by molar-refractivity contribution is 5.98. The van der Waals surface area contributed by atoms with Crippen molar-refractivity contribution in [3.05, 3.63) is 71.8 Å². The Morgan fingerprint density at radius 1 is 0.529 bits per heavy atom. The lowest BCUT2D eigenvalue weighted by Gasteiger charge is -2.28. The molecular weight excluding hydrogens is 917 g/mol. The van der Waals surface area contributed by atoms with E-state index in [9.17, 15) is 68.4 Å². The van der Waals surface area contributed by atoms with Gasteiger partial charge in [0.25, 0.3) is 0 Å². The zero-order chi connectivity index (χ0) is 52.5. The summed E-state index contributed by atoms with van der Waals surface area (Å²) in [7, 11) is 0. The molecule has 2 rings (SSSR count). The lowest BCUT2D eigenvalue weighted by atomic mass is 10.0. The molecule has 2 aromatic carbocycles. The third kappa shape index (κ3) is 21.9. The van der Waals surface area contributed by atoms with E-state index < -0.39 is 133 Å². The minimum absolute atomic E-state index is 0.0465. The number of unbranched alkanes of at least 4 members (excludes halogenated alkanes) is 1. The average Bonchev–Trinajstić information content (AvgIpc) is 3.29. The van der Waals surface area contributed by atoms with Gasteiger partial charge < -0.3 is 74.4 Å². The molecule has 8 amide bonds. The number of carboxylic acids is 2. The number of aliphatic carboxylic acids is 2. The van der Waals surface area contributed by atoms with Crippen LogP contribution in [0.1, 0.15) is 70.9 Å². The average molecular weight is 985 g/mol. The van der Waals surface area contributed by atoms with Crippen LogP contribution in [0.3, 0.4) is 0 Å². The molecule has 386 valence electrons. The zero-order valence-corrected chi connectivity index (χ0v) is 39.6. The summed E-state index contributed by atoms with van der Waals surface area (Å²) in [5, 5.41) is 59.1. The van der Waals surface area contributed by atoms with Gasteiger partial charge in [-0.15, -0.1) is 0 Å². The first-order valence-corrected chi connectivity index (χ1v) is 22.7. The summed E-state index contributed by atoms with van der Waals surface area (Å²) in [5.74, 6) is -10.9. The van der Waals surface area contributed by atoms with Gasteiger partial charge in [-0.2, -0.15) is 0 Å². The highest BCUT2D eigenvalue weighted by atomic mass is 16.4. The van der Waals surface area contributed by atoms with Crippen molar-refractivity contribution in [3.8, 4) is 0 Å². The van der Waals surface area contributed by atoms with Gasteiger partial charge in [-0.1, -0.05) is 74.5 Å². The fourth-order valence-electron chi connectivity index (χ4n) is 6.75. The van der Waals surface area contributed by atoms with Gasteiger partial charge >= 0.3 is 11.9 Å². The van der Waals surface area contributed by atoms with Crippen LogP contribution in [0.5, 0.6) is 0 Å². The number of rotatable bonds is 31. The Morgan fingerprint density at radius 2 is 1.00 bits per heavy atom. The Hall–Kier alpha value is -7.02. The summed E-state index contributed by atoms with van der Waals surface area (Å²) in [6, 6.07) is 6.45. The minimum Gasteiger partial charge on any atom is -0.481 e. The highest BCUT2D eigenvalue weighted by Gasteiger charge is 2.36. The van der Waals surface area contributed by atoms with Crippen LogP contribution in [0.4, 0.5) is 0 Å². The molecule has 2 aromatic rings. The predicted octanol–water partition coefficient (Wildman–Crippen LogP) is -3.56. The van der Waals surface area contributed by atoms with Gasteiger partial charge in [0.05, 0.1) is 37.8 Å². The number of hydrogen-bond acceptors (Lipinski definition) is 14. The SMILES string of the molecule is CC(C)C[C@H](NC(=O)[C@H](Cc1ccccc1)NC(=O)[C@H](CC(=O)O)NC(=O)[C@@H](NC(=O)[C@H](CCCCN)NC(=O)[C@@H](NC(=O)CNC(=O)CNC(=O)[C@@H](N)Cc1ccccc1)[C@@H](C)O)[C@@H](C)O)C(=O)O. The topological polar surface area (TPSA) is 400 Å². The van der Waals surface area contributed by atoms with E-state index in [0.29, 0.717) is 12.0 Å². The van der Waals surface area contributed by atoms with E-state index in [1.54, 1.807) is 74.5 Å². The van der Waals surface area contributed by atoms with Crippen LogP contribution in [-0.2, 0) is 60.8 Å². The number of nitrogens with two attached hydrogens (primary N) is 2. The first-order valence-electron chi connectivity index (χ1n) is 22.7. The van der Waals surface area contributed by atoms with Crippen molar-refractivity contribution in [3.63, 3.8) is 0 Å². The number of aliphatic hydroxyl groups is 2. The van der Waals surface area contributed by atoms with Crippen LogP contribution in [0.25, 0.3) is 0 Å². The highest BCUT2D eigenvalue weighted by Crippen LogP contribution is 2.10. The molecule has 0 aliphatic rings. The van der Waals surface area contributed by atoms with Crippen molar-refractivity contribution in [2.45, 2.75) is 127 Å². The normalized spacial score (nSPS) is 14.9. The quantitative estimate of drug-likeness (QED) is 0.0325. The van der Waals surface area contributed by atoms with Gasteiger partial charge in [-0.05, 0) is 69.5 Å². The number of hydrogen-bond donors (Lipinski definition) is 14. The summed E-state index contributed by atoms with van der Waals surface area (Å²) in [6.45, 7) is 4.70. The van der Waals surface area contributed by atoms with Crippen LogP contribution in [0.15, 0.2) is 60.7 Å². The van der Waals surface area contributed by atoms with Gasteiger partial charge in [0, 0.05) is 6.42 Å². The fraction of sp³-hybridized carbons (Fsp3) is 0.522. The number of carbonyl (C=O) groups is 10. The second-order valence-corrected chi connectivity index (χ2v) is 17.1. The molecule has 16 N–H and O–H groups in total. The van der Waals surface area contributed by atoms with E-state index in [1.165, 1.54) is 0 Å². The van der Waals surface area contributed by atoms with Crippen LogP contribution in [0.2, 0.25) is 0 Å². The van der Waals surface area contributed by atoms with E-state index >= 15 is 0 Å². The molecule has 0 spiro atoms. The molecule has 0 unspecified atom stereocenters. The maximum Gasteiger partial charge on any atom is 0.326 e. The molecular formula is C46H68N10O14. The maximum absolute atomic E-state index is 13.8. The number of carboxylic acid groups (broad SMARTS) is 2. The number of benzene rings is 2. The molecule has 0 aliphatic carbocycles.